The summed E-state index contributed by atoms with van der Waals surface area (Å²) in [5, 5.41) is 4.20. The first-order valence-corrected chi connectivity index (χ1v) is 8.96. The van der Waals surface area contributed by atoms with Gasteiger partial charge in [0.15, 0.2) is 9.84 Å². The Hall–Kier alpha value is -0.460. The van der Waals surface area contributed by atoms with Crippen LogP contribution in [-0.2, 0) is 16.3 Å². The van der Waals surface area contributed by atoms with Crippen LogP contribution in [0.2, 0.25) is 0 Å². The highest BCUT2D eigenvalue weighted by molar-refractivity contribution is 7.91. The van der Waals surface area contributed by atoms with Crippen molar-refractivity contribution in [2.24, 2.45) is 0 Å². The van der Waals surface area contributed by atoms with Crippen molar-refractivity contribution in [3.8, 4) is 0 Å². The van der Waals surface area contributed by atoms with Crippen LogP contribution in [0, 0.1) is 0 Å². The van der Waals surface area contributed by atoms with Gasteiger partial charge in [-0.05, 0) is 33.2 Å². The molecule has 0 spiro atoms. The maximum Gasteiger partial charge on any atom is 0.151 e. The van der Waals surface area contributed by atoms with Crippen molar-refractivity contribution in [1.82, 2.24) is 10.3 Å². The number of sulfone groups is 1. The lowest BCUT2D eigenvalue weighted by Gasteiger charge is -2.19. The summed E-state index contributed by atoms with van der Waals surface area (Å²) in [6.45, 7) is 2.13. The second-order valence-electron chi connectivity index (χ2n) is 5.01. The molecule has 2 rings (SSSR count). The van der Waals surface area contributed by atoms with Crippen LogP contribution < -0.4 is 5.32 Å². The van der Waals surface area contributed by atoms with Gasteiger partial charge in [-0.1, -0.05) is 0 Å². The first kappa shape index (κ1) is 14.0. The largest absolute Gasteiger partial charge is 0.317 e. The molecule has 0 bridgehead atoms. The Labute approximate surface area is 113 Å². The molecule has 1 aromatic heterocycles. The van der Waals surface area contributed by atoms with E-state index in [1.54, 1.807) is 11.3 Å². The first-order chi connectivity index (χ1) is 8.50. The molecule has 0 aliphatic carbocycles. The summed E-state index contributed by atoms with van der Waals surface area (Å²) in [6.07, 6.45) is 4.57. The SMILES string of the molecule is CNC(C)Cc1cnc(C2CCCS(=O)(=O)C2)s1. The van der Waals surface area contributed by atoms with E-state index in [1.165, 1.54) is 4.88 Å². The van der Waals surface area contributed by atoms with Crippen LogP contribution in [0.1, 0.15) is 35.6 Å². The normalized spacial score (nSPS) is 24.9. The fraction of sp³-hybridized carbons (Fsp3) is 0.750. The topological polar surface area (TPSA) is 59.1 Å². The summed E-state index contributed by atoms with van der Waals surface area (Å²) < 4.78 is 23.3. The zero-order valence-electron chi connectivity index (χ0n) is 10.8. The Balaban J connectivity index is 2.05. The minimum Gasteiger partial charge on any atom is -0.317 e. The van der Waals surface area contributed by atoms with Crippen LogP contribution >= 0.6 is 11.3 Å². The number of hydrogen-bond acceptors (Lipinski definition) is 5. The Morgan fingerprint density at radius 2 is 2.39 bits per heavy atom. The number of nitrogens with one attached hydrogen (secondary N) is 1. The molecule has 0 amide bonds. The minimum atomic E-state index is -2.84. The molecular weight excluding hydrogens is 268 g/mol. The van der Waals surface area contributed by atoms with Gasteiger partial charge in [-0.25, -0.2) is 13.4 Å². The molecule has 1 fully saturated rings. The highest BCUT2D eigenvalue weighted by Gasteiger charge is 2.27. The molecule has 1 aliphatic rings. The number of thiazole rings is 1. The Morgan fingerprint density at radius 3 is 3.06 bits per heavy atom. The second-order valence-corrected chi connectivity index (χ2v) is 8.39. The molecule has 102 valence electrons. The van der Waals surface area contributed by atoms with Crippen LogP contribution in [-0.4, -0.2) is 38.0 Å². The highest BCUT2D eigenvalue weighted by Crippen LogP contribution is 2.31. The van der Waals surface area contributed by atoms with E-state index in [1.807, 2.05) is 13.2 Å². The Morgan fingerprint density at radius 1 is 1.61 bits per heavy atom. The molecule has 1 aromatic rings. The maximum absolute atomic E-state index is 11.6. The van der Waals surface area contributed by atoms with Gasteiger partial charge in [-0.15, -0.1) is 11.3 Å². The summed E-state index contributed by atoms with van der Waals surface area (Å²) in [7, 11) is -0.899. The Bertz CT molecular complexity index is 496. The number of rotatable bonds is 4. The van der Waals surface area contributed by atoms with E-state index in [9.17, 15) is 8.42 Å². The summed E-state index contributed by atoms with van der Waals surface area (Å²) >= 11 is 1.67. The van der Waals surface area contributed by atoms with E-state index in [-0.39, 0.29) is 11.7 Å². The third kappa shape index (κ3) is 3.52. The van der Waals surface area contributed by atoms with Crippen LogP contribution in [0.25, 0.3) is 0 Å². The van der Waals surface area contributed by atoms with Crippen molar-refractivity contribution in [2.75, 3.05) is 18.6 Å². The predicted molar refractivity (Wildman–Crippen MR) is 75.0 cm³/mol. The predicted octanol–water partition coefficient (Wildman–Crippen LogP) is 1.59. The first-order valence-electron chi connectivity index (χ1n) is 6.32. The van der Waals surface area contributed by atoms with Gasteiger partial charge in [-0.2, -0.15) is 0 Å². The fourth-order valence-corrected chi connectivity index (χ4v) is 5.22. The molecule has 0 saturated carbocycles. The van der Waals surface area contributed by atoms with E-state index in [0.29, 0.717) is 11.8 Å². The van der Waals surface area contributed by atoms with E-state index in [0.717, 1.165) is 24.3 Å². The fourth-order valence-electron chi connectivity index (χ4n) is 2.23. The van der Waals surface area contributed by atoms with Gasteiger partial charge in [0.1, 0.15) is 0 Å². The van der Waals surface area contributed by atoms with E-state index in [2.05, 4.69) is 17.2 Å². The van der Waals surface area contributed by atoms with E-state index in [4.69, 9.17) is 0 Å². The summed E-state index contributed by atoms with van der Waals surface area (Å²) in [4.78, 5) is 5.65. The van der Waals surface area contributed by atoms with Gasteiger partial charge in [0.2, 0.25) is 0 Å². The zero-order valence-corrected chi connectivity index (χ0v) is 12.5. The molecule has 2 atom stereocenters. The molecule has 1 aliphatic heterocycles. The van der Waals surface area contributed by atoms with Gasteiger partial charge < -0.3 is 5.32 Å². The molecule has 2 heterocycles. The number of nitrogens with zero attached hydrogens (tertiary/aromatic N) is 1. The molecular formula is C12H20N2O2S2. The monoisotopic (exact) mass is 288 g/mol. The third-order valence-electron chi connectivity index (χ3n) is 3.38. The van der Waals surface area contributed by atoms with Gasteiger partial charge in [0.25, 0.3) is 0 Å². The average Bonchev–Trinajstić information content (AvgIpc) is 2.76. The van der Waals surface area contributed by atoms with Crippen molar-refractivity contribution < 1.29 is 8.42 Å². The van der Waals surface area contributed by atoms with Crippen molar-refractivity contribution >= 4 is 21.2 Å². The molecule has 18 heavy (non-hydrogen) atoms. The molecule has 1 saturated heterocycles. The van der Waals surface area contributed by atoms with E-state index < -0.39 is 9.84 Å². The average molecular weight is 288 g/mol. The van der Waals surface area contributed by atoms with Gasteiger partial charge in [0.05, 0.1) is 16.5 Å². The van der Waals surface area contributed by atoms with Crippen molar-refractivity contribution in [3.05, 3.63) is 16.1 Å². The maximum atomic E-state index is 11.6. The van der Waals surface area contributed by atoms with Gasteiger partial charge >= 0.3 is 0 Å². The minimum absolute atomic E-state index is 0.118. The number of hydrogen-bond donors (Lipinski definition) is 1. The quantitative estimate of drug-likeness (QED) is 0.914. The van der Waals surface area contributed by atoms with Crippen molar-refractivity contribution in [1.29, 1.82) is 0 Å². The van der Waals surface area contributed by atoms with Crippen LogP contribution in [0.3, 0.4) is 0 Å². The molecule has 0 aromatic carbocycles. The lowest BCUT2D eigenvalue weighted by atomic mass is 10.1. The molecule has 6 heteroatoms. The molecule has 1 N–H and O–H groups in total. The van der Waals surface area contributed by atoms with E-state index >= 15 is 0 Å². The number of aromatic nitrogens is 1. The molecule has 4 nitrogen and oxygen atoms in total. The zero-order chi connectivity index (χ0) is 13.2. The molecule has 0 radical (unpaired) electrons. The smallest absolute Gasteiger partial charge is 0.151 e. The standard InChI is InChI=1S/C12H20N2O2S2/c1-9(13-2)6-11-7-14-12(17-11)10-4-3-5-18(15,16)8-10/h7,9-10,13H,3-6,8H2,1-2H3. The third-order valence-corrected chi connectivity index (χ3v) is 6.39. The summed E-state index contributed by atoms with van der Waals surface area (Å²) in [5.74, 6) is 0.743. The molecule has 2 unspecified atom stereocenters. The van der Waals surface area contributed by atoms with Crippen molar-refractivity contribution in [3.63, 3.8) is 0 Å². The number of likely N-dealkylation sites (N-methyl/N-ethyl adjacent to an activating group) is 1. The van der Waals surface area contributed by atoms with Crippen LogP contribution in [0.4, 0.5) is 0 Å². The van der Waals surface area contributed by atoms with Crippen LogP contribution in [0.15, 0.2) is 6.20 Å². The van der Waals surface area contributed by atoms with Crippen molar-refractivity contribution in [2.45, 2.75) is 38.1 Å². The summed E-state index contributed by atoms with van der Waals surface area (Å²) in [6, 6.07) is 0.424. The second kappa shape index (κ2) is 5.67. The van der Waals surface area contributed by atoms with Gasteiger partial charge in [-0.3, -0.25) is 0 Å². The lowest BCUT2D eigenvalue weighted by molar-refractivity contribution is 0.553. The van der Waals surface area contributed by atoms with Gasteiger partial charge in [0, 0.05) is 23.0 Å². The Kier molecular flexibility index (Phi) is 4.40. The lowest BCUT2D eigenvalue weighted by Crippen LogP contribution is -2.23. The van der Waals surface area contributed by atoms with Crippen LogP contribution in [0.5, 0.6) is 0 Å². The highest BCUT2D eigenvalue weighted by atomic mass is 32.2. The summed E-state index contributed by atoms with van der Waals surface area (Å²) in [5.41, 5.74) is 0.